The fourth-order valence-corrected chi connectivity index (χ4v) is 3.63. The molecule has 1 aromatic heterocycles. The third-order valence-electron chi connectivity index (χ3n) is 4.06. The van der Waals surface area contributed by atoms with Crippen LogP contribution in [0, 0.1) is 0 Å². The van der Waals surface area contributed by atoms with Gasteiger partial charge in [0.25, 0.3) is 0 Å². The summed E-state index contributed by atoms with van der Waals surface area (Å²) in [6, 6.07) is 0.294. The minimum Gasteiger partial charge on any atom is -0.385 e. The highest BCUT2D eigenvalue weighted by atomic mass is 32.2. The van der Waals surface area contributed by atoms with Crippen molar-refractivity contribution >= 4 is 17.7 Å². The normalized spacial score (nSPS) is 17.1. The molecular formula is C15H26N4O3S. The standard InChI is InChI=1S/C15H26N4O3S/c1-11(13(20)16-12-7-4-3-5-8-12)23-15-18-17-14(21)19(15)9-6-10-22-2/h11-12H,3-10H2,1-2H3,(H,16,20)(H,17,21). The van der Waals surface area contributed by atoms with Crippen molar-refractivity contribution in [3.63, 3.8) is 0 Å². The summed E-state index contributed by atoms with van der Waals surface area (Å²) in [7, 11) is 1.63. The Bertz CT molecular complexity index is 551. The number of hydrogen-bond acceptors (Lipinski definition) is 5. The minimum absolute atomic E-state index is 0.0146. The van der Waals surface area contributed by atoms with Crippen molar-refractivity contribution in [1.82, 2.24) is 20.1 Å². The second-order valence-electron chi connectivity index (χ2n) is 5.91. The highest BCUT2D eigenvalue weighted by molar-refractivity contribution is 8.00. The molecule has 0 aliphatic heterocycles. The average molecular weight is 342 g/mol. The summed E-state index contributed by atoms with van der Waals surface area (Å²) in [5.74, 6) is 0.0146. The van der Waals surface area contributed by atoms with E-state index in [4.69, 9.17) is 4.74 Å². The molecule has 0 radical (unpaired) electrons. The van der Waals surface area contributed by atoms with Gasteiger partial charge in [0.2, 0.25) is 5.91 Å². The van der Waals surface area contributed by atoms with Crippen LogP contribution in [0.15, 0.2) is 9.95 Å². The van der Waals surface area contributed by atoms with Gasteiger partial charge in [-0.25, -0.2) is 9.89 Å². The average Bonchev–Trinajstić information content (AvgIpc) is 2.89. The minimum atomic E-state index is -0.284. The van der Waals surface area contributed by atoms with Crippen LogP contribution in [0.4, 0.5) is 0 Å². The van der Waals surface area contributed by atoms with E-state index < -0.39 is 0 Å². The molecule has 1 unspecified atom stereocenters. The molecule has 1 aromatic rings. The molecule has 23 heavy (non-hydrogen) atoms. The van der Waals surface area contributed by atoms with Crippen LogP contribution in [0.5, 0.6) is 0 Å². The van der Waals surface area contributed by atoms with Gasteiger partial charge in [-0.2, -0.15) is 0 Å². The largest absolute Gasteiger partial charge is 0.385 e. The molecule has 1 aliphatic carbocycles. The van der Waals surface area contributed by atoms with Crippen molar-refractivity contribution in [2.24, 2.45) is 0 Å². The van der Waals surface area contributed by atoms with Crippen LogP contribution in [-0.2, 0) is 16.1 Å². The first-order valence-electron chi connectivity index (χ1n) is 8.23. The molecule has 7 nitrogen and oxygen atoms in total. The Morgan fingerprint density at radius 2 is 2.22 bits per heavy atom. The molecule has 2 rings (SSSR count). The zero-order chi connectivity index (χ0) is 16.7. The molecule has 8 heteroatoms. The van der Waals surface area contributed by atoms with Gasteiger partial charge in [0, 0.05) is 26.3 Å². The highest BCUT2D eigenvalue weighted by Crippen LogP contribution is 2.22. The van der Waals surface area contributed by atoms with E-state index in [1.54, 1.807) is 11.7 Å². The van der Waals surface area contributed by atoms with Crippen LogP contribution < -0.4 is 11.0 Å². The topological polar surface area (TPSA) is 89.0 Å². The molecular weight excluding hydrogens is 316 g/mol. The van der Waals surface area contributed by atoms with Gasteiger partial charge in [-0.1, -0.05) is 31.0 Å². The zero-order valence-electron chi connectivity index (χ0n) is 13.8. The lowest BCUT2D eigenvalue weighted by Gasteiger charge is -2.24. The molecule has 1 fully saturated rings. The van der Waals surface area contributed by atoms with Crippen molar-refractivity contribution in [3.05, 3.63) is 10.5 Å². The van der Waals surface area contributed by atoms with Crippen molar-refractivity contribution < 1.29 is 9.53 Å². The van der Waals surface area contributed by atoms with Crippen LogP contribution in [0.25, 0.3) is 0 Å². The number of hydrogen-bond donors (Lipinski definition) is 2. The van der Waals surface area contributed by atoms with Gasteiger partial charge in [0.1, 0.15) is 0 Å². The lowest BCUT2D eigenvalue weighted by molar-refractivity contribution is -0.121. The van der Waals surface area contributed by atoms with Gasteiger partial charge in [0.15, 0.2) is 5.16 Å². The Balaban J connectivity index is 1.89. The summed E-state index contributed by atoms with van der Waals surface area (Å²) in [6.07, 6.45) is 6.49. The maximum Gasteiger partial charge on any atom is 0.343 e. The number of aromatic nitrogens is 3. The Kier molecular flexibility index (Phi) is 7.16. The summed E-state index contributed by atoms with van der Waals surface area (Å²) >= 11 is 1.31. The Hall–Kier alpha value is -1.28. The first-order valence-corrected chi connectivity index (χ1v) is 9.11. The van der Waals surface area contributed by atoms with E-state index >= 15 is 0 Å². The van der Waals surface area contributed by atoms with E-state index in [9.17, 15) is 9.59 Å². The number of H-pyrrole nitrogens is 1. The number of rotatable bonds is 8. The second-order valence-corrected chi connectivity index (χ2v) is 7.22. The van der Waals surface area contributed by atoms with Crippen molar-refractivity contribution in [2.45, 2.75) is 68.4 Å². The zero-order valence-corrected chi connectivity index (χ0v) is 14.7. The van der Waals surface area contributed by atoms with Crippen molar-refractivity contribution in [3.8, 4) is 0 Å². The maximum absolute atomic E-state index is 12.3. The van der Waals surface area contributed by atoms with Crippen LogP contribution in [0.1, 0.15) is 45.4 Å². The molecule has 130 valence electrons. The van der Waals surface area contributed by atoms with Gasteiger partial charge < -0.3 is 10.1 Å². The molecule has 1 atom stereocenters. The number of ether oxygens (including phenoxy) is 1. The third-order valence-corrected chi connectivity index (χ3v) is 5.15. The number of methoxy groups -OCH3 is 1. The molecule has 1 aliphatic rings. The molecule has 0 bridgehead atoms. The Morgan fingerprint density at radius 1 is 1.48 bits per heavy atom. The third kappa shape index (κ3) is 5.39. The highest BCUT2D eigenvalue weighted by Gasteiger charge is 2.22. The molecule has 1 heterocycles. The first kappa shape index (κ1) is 18.1. The van der Waals surface area contributed by atoms with E-state index in [0.717, 1.165) is 19.3 Å². The number of nitrogens with zero attached hydrogens (tertiary/aromatic N) is 2. The van der Waals surface area contributed by atoms with Crippen LogP contribution in [-0.4, -0.2) is 45.7 Å². The van der Waals surface area contributed by atoms with Gasteiger partial charge in [-0.15, -0.1) is 5.10 Å². The molecule has 1 saturated carbocycles. The van der Waals surface area contributed by atoms with Gasteiger partial charge >= 0.3 is 5.69 Å². The summed E-state index contributed by atoms with van der Waals surface area (Å²) < 4.78 is 6.57. The van der Waals surface area contributed by atoms with Crippen LogP contribution in [0.2, 0.25) is 0 Å². The number of carbonyl (C=O) groups is 1. The molecule has 0 aromatic carbocycles. The molecule has 0 spiro atoms. The van der Waals surface area contributed by atoms with E-state index in [2.05, 4.69) is 15.5 Å². The summed E-state index contributed by atoms with van der Waals surface area (Å²) in [4.78, 5) is 24.1. The number of aromatic amines is 1. The summed E-state index contributed by atoms with van der Waals surface area (Å²) in [5, 5.41) is 9.87. The maximum atomic E-state index is 12.3. The number of amides is 1. The predicted molar refractivity (Wildman–Crippen MR) is 89.7 cm³/mol. The van der Waals surface area contributed by atoms with E-state index in [1.807, 2.05) is 6.92 Å². The van der Waals surface area contributed by atoms with Crippen molar-refractivity contribution in [2.75, 3.05) is 13.7 Å². The van der Waals surface area contributed by atoms with E-state index in [1.165, 1.54) is 31.0 Å². The molecule has 1 amide bonds. The van der Waals surface area contributed by atoms with Crippen LogP contribution >= 0.6 is 11.8 Å². The quantitative estimate of drug-likeness (QED) is 0.552. The Labute approximate surface area is 140 Å². The van der Waals surface area contributed by atoms with Gasteiger partial charge in [0.05, 0.1) is 5.25 Å². The fraction of sp³-hybridized carbons (Fsp3) is 0.800. The predicted octanol–water partition coefficient (Wildman–Crippen LogP) is 1.54. The van der Waals surface area contributed by atoms with Gasteiger partial charge in [-0.3, -0.25) is 9.36 Å². The van der Waals surface area contributed by atoms with E-state index in [-0.39, 0.29) is 16.8 Å². The van der Waals surface area contributed by atoms with Crippen molar-refractivity contribution in [1.29, 1.82) is 0 Å². The first-order chi connectivity index (χ1) is 11.1. The lowest BCUT2D eigenvalue weighted by Crippen LogP contribution is -2.40. The molecule has 2 N–H and O–H groups in total. The Morgan fingerprint density at radius 3 is 2.91 bits per heavy atom. The van der Waals surface area contributed by atoms with Gasteiger partial charge in [-0.05, 0) is 26.2 Å². The number of nitrogens with one attached hydrogen (secondary N) is 2. The second kappa shape index (κ2) is 9.12. The monoisotopic (exact) mass is 342 g/mol. The van der Waals surface area contributed by atoms with E-state index in [0.29, 0.717) is 24.3 Å². The number of thioether (sulfide) groups is 1. The lowest BCUT2D eigenvalue weighted by atomic mass is 9.95. The van der Waals surface area contributed by atoms with Crippen LogP contribution in [0.3, 0.4) is 0 Å². The number of carbonyl (C=O) groups excluding carboxylic acids is 1. The summed E-state index contributed by atoms with van der Waals surface area (Å²) in [6.45, 7) is 2.96. The summed E-state index contributed by atoms with van der Waals surface area (Å²) in [5.41, 5.74) is -0.247. The SMILES string of the molecule is COCCCn1c(SC(C)C(=O)NC2CCCCC2)n[nH]c1=O. The fourth-order valence-electron chi connectivity index (χ4n) is 2.73. The molecule has 0 saturated heterocycles. The smallest absolute Gasteiger partial charge is 0.343 e.